The summed E-state index contributed by atoms with van der Waals surface area (Å²) in [6.45, 7) is 1.87. The first-order valence-electron chi connectivity index (χ1n) is 4.68. The molecule has 0 saturated heterocycles. The lowest BCUT2D eigenvalue weighted by atomic mass is 9.95. The Morgan fingerprint density at radius 1 is 1.36 bits per heavy atom. The molecule has 14 heavy (non-hydrogen) atoms. The van der Waals surface area contributed by atoms with E-state index in [1.165, 1.54) is 5.56 Å². The van der Waals surface area contributed by atoms with Crippen molar-refractivity contribution in [2.75, 3.05) is 6.61 Å². The molecule has 1 aromatic carbocycles. The third-order valence-corrected chi connectivity index (χ3v) is 2.99. The maximum absolute atomic E-state index is 9.32. The van der Waals surface area contributed by atoms with Gasteiger partial charge in [0.2, 0.25) is 0 Å². The van der Waals surface area contributed by atoms with Gasteiger partial charge < -0.3 is 10.2 Å². The standard InChI is InChI=1S/C11H15BrO2/c1-8(6-9(14)7-13)10-4-2-3-5-11(10)12/h2-5,8-9,13-14H,6-7H2,1H3. The van der Waals surface area contributed by atoms with E-state index < -0.39 is 6.10 Å². The Hall–Kier alpha value is -0.380. The number of halogens is 1. The van der Waals surface area contributed by atoms with E-state index in [9.17, 15) is 5.11 Å². The van der Waals surface area contributed by atoms with E-state index in [4.69, 9.17) is 5.11 Å². The number of aliphatic hydroxyl groups excluding tert-OH is 2. The van der Waals surface area contributed by atoms with Crippen molar-refractivity contribution in [3.8, 4) is 0 Å². The summed E-state index contributed by atoms with van der Waals surface area (Å²) in [6.07, 6.45) is -0.0452. The summed E-state index contributed by atoms with van der Waals surface area (Å²) >= 11 is 3.46. The second-order valence-electron chi connectivity index (χ2n) is 3.49. The molecule has 2 unspecified atom stereocenters. The van der Waals surface area contributed by atoms with Gasteiger partial charge in [0.25, 0.3) is 0 Å². The van der Waals surface area contributed by atoms with Gasteiger partial charge in [-0.1, -0.05) is 41.1 Å². The Morgan fingerprint density at radius 2 is 2.00 bits per heavy atom. The van der Waals surface area contributed by atoms with Crippen LogP contribution in [0.15, 0.2) is 28.7 Å². The maximum atomic E-state index is 9.32. The third-order valence-electron chi connectivity index (χ3n) is 2.27. The smallest absolute Gasteiger partial charge is 0.0776 e. The van der Waals surface area contributed by atoms with E-state index in [1.54, 1.807) is 0 Å². The third kappa shape index (κ3) is 3.08. The van der Waals surface area contributed by atoms with Crippen LogP contribution in [0, 0.1) is 0 Å². The van der Waals surface area contributed by atoms with Crippen LogP contribution in [0.3, 0.4) is 0 Å². The highest BCUT2D eigenvalue weighted by molar-refractivity contribution is 9.10. The summed E-state index contributed by atoms with van der Waals surface area (Å²) in [5, 5.41) is 18.1. The molecule has 3 heteroatoms. The Kier molecular flexibility index (Phi) is 4.58. The van der Waals surface area contributed by atoms with Gasteiger partial charge in [-0.05, 0) is 24.0 Å². The van der Waals surface area contributed by atoms with Gasteiger partial charge in [0.15, 0.2) is 0 Å². The molecule has 78 valence electrons. The highest BCUT2D eigenvalue weighted by atomic mass is 79.9. The predicted octanol–water partition coefficient (Wildman–Crippen LogP) is 2.30. The molecule has 0 aliphatic heterocycles. The first-order valence-corrected chi connectivity index (χ1v) is 5.47. The van der Waals surface area contributed by atoms with Crippen LogP contribution in [0.25, 0.3) is 0 Å². The van der Waals surface area contributed by atoms with Crippen molar-refractivity contribution in [1.82, 2.24) is 0 Å². The van der Waals surface area contributed by atoms with Crippen LogP contribution >= 0.6 is 15.9 Å². The molecule has 0 aliphatic rings. The van der Waals surface area contributed by atoms with E-state index in [0.717, 1.165) is 4.47 Å². The Labute approximate surface area is 92.7 Å². The number of aliphatic hydroxyl groups is 2. The number of benzene rings is 1. The van der Waals surface area contributed by atoms with Crippen LogP contribution in [-0.4, -0.2) is 22.9 Å². The van der Waals surface area contributed by atoms with Crippen molar-refractivity contribution in [2.24, 2.45) is 0 Å². The molecule has 2 atom stereocenters. The lowest BCUT2D eigenvalue weighted by Gasteiger charge is -2.16. The molecule has 2 nitrogen and oxygen atoms in total. The minimum Gasteiger partial charge on any atom is -0.394 e. The van der Waals surface area contributed by atoms with E-state index >= 15 is 0 Å². The molecule has 0 spiro atoms. The largest absolute Gasteiger partial charge is 0.394 e. The van der Waals surface area contributed by atoms with Gasteiger partial charge in [0.05, 0.1) is 12.7 Å². The molecular formula is C11H15BrO2. The zero-order valence-corrected chi connectivity index (χ0v) is 9.74. The minimum absolute atomic E-state index is 0.172. The average Bonchev–Trinajstić information content (AvgIpc) is 2.18. The zero-order chi connectivity index (χ0) is 10.6. The fourth-order valence-electron chi connectivity index (χ4n) is 1.48. The van der Waals surface area contributed by atoms with Gasteiger partial charge in [-0.15, -0.1) is 0 Å². The van der Waals surface area contributed by atoms with Crippen LogP contribution < -0.4 is 0 Å². The van der Waals surface area contributed by atoms with Crippen molar-refractivity contribution in [3.05, 3.63) is 34.3 Å². The van der Waals surface area contributed by atoms with Gasteiger partial charge in [-0.3, -0.25) is 0 Å². The number of hydrogen-bond acceptors (Lipinski definition) is 2. The second-order valence-corrected chi connectivity index (χ2v) is 4.35. The Balaban J connectivity index is 2.69. The maximum Gasteiger partial charge on any atom is 0.0776 e. The quantitative estimate of drug-likeness (QED) is 0.871. The van der Waals surface area contributed by atoms with Crippen LogP contribution in [0.5, 0.6) is 0 Å². The molecular weight excluding hydrogens is 244 g/mol. The van der Waals surface area contributed by atoms with Crippen LogP contribution in [0.2, 0.25) is 0 Å². The monoisotopic (exact) mass is 258 g/mol. The van der Waals surface area contributed by atoms with Crippen molar-refractivity contribution >= 4 is 15.9 Å². The fourth-order valence-corrected chi connectivity index (χ4v) is 2.16. The second kappa shape index (κ2) is 5.49. The molecule has 0 aromatic heterocycles. The summed E-state index contributed by atoms with van der Waals surface area (Å²) in [5.41, 5.74) is 1.17. The SMILES string of the molecule is CC(CC(O)CO)c1ccccc1Br. The summed E-state index contributed by atoms with van der Waals surface area (Å²) in [6, 6.07) is 7.95. The van der Waals surface area contributed by atoms with Gasteiger partial charge in [0, 0.05) is 4.47 Å². The van der Waals surface area contributed by atoms with Crippen LogP contribution in [0.4, 0.5) is 0 Å². The summed E-state index contributed by atoms with van der Waals surface area (Å²) in [4.78, 5) is 0. The van der Waals surface area contributed by atoms with Crippen LogP contribution in [0.1, 0.15) is 24.8 Å². The predicted molar refractivity (Wildman–Crippen MR) is 60.3 cm³/mol. The van der Waals surface area contributed by atoms with Gasteiger partial charge in [0.1, 0.15) is 0 Å². The van der Waals surface area contributed by atoms with Gasteiger partial charge in [-0.25, -0.2) is 0 Å². The fraction of sp³-hybridized carbons (Fsp3) is 0.455. The van der Waals surface area contributed by atoms with Crippen molar-refractivity contribution in [1.29, 1.82) is 0 Å². The molecule has 0 aliphatic carbocycles. The minimum atomic E-state index is -0.628. The Morgan fingerprint density at radius 3 is 2.57 bits per heavy atom. The van der Waals surface area contributed by atoms with Crippen molar-refractivity contribution in [2.45, 2.75) is 25.4 Å². The first kappa shape index (κ1) is 11.7. The van der Waals surface area contributed by atoms with E-state index in [2.05, 4.69) is 15.9 Å². The van der Waals surface area contributed by atoms with Gasteiger partial charge >= 0.3 is 0 Å². The lowest BCUT2D eigenvalue weighted by molar-refractivity contribution is 0.0835. The lowest BCUT2D eigenvalue weighted by Crippen LogP contribution is -2.15. The number of hydrogen-bond donors (Lipinski definition) is 2. The topological polar surface area (TPSA) is 40.5 Å². The molecule has 0 saturated carbocycles. The summed E-state index contributed by atoms with van der Waals surface area (Å²) < 4.78 is 1.05. The Bertz CT molecular complexity index is 288. The average molecular weight is 259 g/mol. The molecule has 2 N–H and O–H groups in total. The first-order chi connectivity index (χ1) is 6.65. The summed E-state index contributed by atoms with van der Waals surface area (Å²) in [5.74, 6) is 0.243. The van der Waals surface area contributed by atoms with Crippen molar-refractivity contribution in [3.63, 3.8) is 0 Å². The molecule has 0 amide bonds. The molecule has 0 bridgehead atoms. The summed E-state index contributed by atoms with van der Waals surface area (Å²) in [7, 11) is 0. The normalized spacial score (nSPS) is 15.1. The highest BCUT2D eigenvalue weighted by Gasteiger charge is 2.13. The van der Waals surface area contributed by atoms with E-state index in [1.807, 2.05) is 31.2 Å². The zero-order valence-electron chi connectivity index (χ0n) is 8.15. The van der Waals surface area contributed by atoms with E-state index in [0.29, 0.717) is 6.42 Å². The highest BCUT2D eigenvalue weighted by Crippen LogP contribution is 2.27. The van der Waals surface area contributed by atoms with E-state index in [-0.39, 0.29) is 12.5 Å². The van der Waals surface area contributed by atoms with Crippen LogP contribution in [-0.2, 0) is 0 Å². The van der Waals surface area contributed by atoms with Gasteiger partial charge in [-0.2, -0.15) is 0 Å². The molecule has 1 rings (SSSR count). The van der Waals surface area contributed by atoms with Crippen molar-refractivity contribution < 1.29 is 10.2 Å². The molecule has 0 heterocycles. The molecule has 0 radical (unpaired) electrons. The molecule has 1 aromatic rings. The number of rotatable bonds is 4. The molecule has 0 fully saturated rings.